The quantitative estimate of drug-likeness (QED) is 0.0879. The molecule has 0 saturated carbocycles. The molecule has 0 spiro atoms. The highest BCUT2D eigenvalue weighted by Crippen LogP contribution is 2.31. The average Bonchev–Trinajstić information content (AvgIpc) is 3.30. The third-order valence-corrected chi connectivity index (χ3v) is 9.01. The maximum atomic E-state index is 13.3. The van der Waals surface area contributed by atoms with Crippen LogP contribution in [0.3, 0.4) is 0 Å². The van der Waals surface area contributed by atoms with Crippen LogP contribution in [0.4, 0.5) is 13.2 Å². The topological polar surface area (TPSA) is 134 Å². The largest absolute Gasteiger partial charge is 0.416 e. The van der Waals surface area contributed by atoms with E-state index in [0.717, 1.165) is 43.1 Å². The number of nitrogens with zero attached hydrogens (tertiary/aromatic N) is 1. The lowest BCUT2D eigenvalue weighted by Gasteiger charge is -2.39. The van der Waals surface area contributed by atoms with Crippen LogP contribution >= 0.6 is 0 Å². The Bertz CT molecular complexity index is 1430. The van der Waals surface area contributed by atoms with Crippen LogP contribution in [0.2, 0.25) is 0 Å². The maximum absolute atomic E-state index is 13.3. The van der Waals surface area contributed by atoms with Crippen molar-refractivity contribution >= 4 is 17.6 Å². The number of aliphatic hydroxyl groups is 1. The number of nitrogens with two attached hydrogens (primary N) is 1. The Hall–Kier alpha value is -3.90. The molecule has 51 heavy (non-hydrogen) atoms. The number of amidine groups is 1. The van der Waals surface area contributed by atoms with Crippen LogP contribution in [-0.4, -0.2) is 84.7 Å². The van der Waals surface area contributed by atoms with Gasteiger partial charge in [-0.1, -0.05) is 57.6 Å². The Balaban J connectivity index is 0.000000606. The number of hydrogen-bond donors (Lipinski definition) is 6. The summed E-state index contributed by atoms with van der Waals surface area (Å²) in [6, 6.07) is 5.49. The standard InChI is InChI=1S/C26H41N5O2.C10H12F3NO.C3H8/c1-6-23(27)30-22(15-28-14-17(2)3)26(4)24(32)21(16-31(26)5)29-25(33)20-13-9-11-18-10-7-8-12-19(18)20;1-4-8(10(11,12)13)6-5-7(2)9(15)14-3;1-3-2/h9,11,13-14,21-22,24,28,32H,6-8,10,12,15-16H2,1-5H3,(H2,27,30)(H,29,33);4-6H,2H2,1,3H3,(H,14,15);3H2,1-2H3/p+1/b;6-5-,8-4+;. The van der Waals surface area contributed by atoms with Gasteiger partial charge in [-0.05, 0) is 96.0 Å². The van der Waals surface area contributed by atoms with Crippen molar-refractivity contribution in [2.24, 2.45) is 5.73 Å². The number of alkyl halides is 3. The highest BCUT2D eigenvalue weighted by molar-refractivity contribution is 5.96. The van der Waals surface area contributed by atoms with E-state index in [2.05, 4.69) is 52.3 Å². The van der Waals surface area contributed by atoms with Gasteiger partial charge in [0.2, 0.25) is 11.7 Å². The van der Waals surface area contributed by atoms with Crippen molar-refractivity contribution in [3.05, 3.63) is 82.6 Å². The van der Waals surface area contributed by atoms with Gasteiger partial charge >= 0.3 is 6.18 Å². The number of carbonyl (C=O) groups excluding carboxylic acids is 2. The molecule has 4 unspecified atom stereocenters. The summed E-state index contributed by atoms with van der Waals surface area (Å²) >= 11 is 0. The van der Waals surface area contributed by atoms with Crippen molar-refractivity contribution in [1.29, 1.82) is 0 Å². The summed E-state index contributed by atoms with van der Waals surface area (Å²) in [4.78, 5) is 29.7. The number of benzene rings is 1. The van der Waals surface area contributed by atoms with E-state index in [9.17, 15) is 27.9 Å². The van der Waals surface area contributed by atoms with Crippen LogP contribution in [0.5, 0.6) is 0 Å². The number of likely N-dealkylation sites (N-methyl/N-ethyl adjacent to an activating group) is 2. The Labute approximate surface area is 303 Å². The van der Waals surface area contributed by atoms with Crippen molar-refractivity contribution in [3.8, 4) is 0 Å². The van der Waals surface area contributed by atoms with Crippen molar-refractivity contribution in [3.63, 3.8) is 0 Å². The molecule has 0 radical (unpaired) electrons. The molecule has 1 aliphatic carbocycles. The molecule has 0 bridgehead atoms. The minimum Gasteiger partial charge on any atom is -0.389 e. The lowest BCUT2D eigenvalue weighted by molar-refractivity contribution is -0.522. The number of fused-ring (bicyclic) bond motifs is 1. The molecule has 9 nitrogen and oxygen atoms in total. The summed E-state index contributed by atoms with van der Waals surface area (Å²) < 4.78 is 36.6. The van der Waals surface area contributed by atoms with Gasteiger partial charge in [-0.25, -0.2) is 0 Å². The number of aryl methyl sites for hydroxylation is 1. The first kappa shape index (κ1) is 45.1. The number of allylic oxidation sites excluding steroid dienone is 4. The van der Waals surface area contributed by atoms with Crippen LogP contribution in [-0.2, 0) is 17.6 Å². The van der Waals surface area contributed by atoms with Gasteiger partial charge in [0.25, 0.3) is 5.91 Å². The van der Waals surface area contributed by atoms with E-state index in [4.69, 9.17) is 5.73 Å². The maximum Gasteiger partial charge on any atom is 0.416 e. The Morgan fingerprint density at radius 1 is 1.18 bits per heavy atom. The van der Waals surface area contributed by atoms with Crippen molar-refractivity contribution < 1.29 is 32.9 Å². The summed E-state index contributed by atoms with van der Waals surface area (Å²) in [6.07, 6.45) is 5.79. The van der Waals surface area contributed by atoms with Crippen molar-refractivity contribution in [2.45, 2.75) is 117 Å². The summed E-state index contributed by atoms with van der Waals surface area (Å²) in [5.41, 5.74) is 9.07. The fourth-order valence-corrected chi connectivity index (χ4v) is 5.95. The van der Waals surface area contributed by atoms with E-state index >= 15 is 0 Å². The van der Waals surface area contributed by atoms with Crippen LogP contribution < -0.4 is 26.7 Å². The predicted octanol–water partition coefficient (Wildman–Crippen LogP) is 4.23. The number of aliphatic hydroxyl groups excluding tert-OH is 1. The Kier molecular flexibility index (Phi) is 19.0. The molecule has 0 aromatic heterocycles. The summed E-state index contributed by atoms with van der Waals surface area (Å²) in [7, 11) is 3.37. The Morgan fingerprint density at radius 3 is 2.35 bits per heavy atom. The summed E-state index contributed by atoms with van der Waals surface area (Å²) in [6.45, 7) is 18.1. The average molecular weight is 720 g/mol. The molecule has 12 heteroatoms. The number of halogens is 3. The van der Waals surface area contributed by atoms with Gasteiger partial charge in [-0.15, -0.1) is 0 Å². The number of hydrogen-bond acceptors (Lipinski definition) is 5. The fourth-order valence-electron chi connectivity index (χ4n) is 5.95. The van der Waals surface area contributed by atoms with Gasteiger partial charge in [-0.2, -0.15) is 13.2 Å². The first-order valence-electron chi connectivity index (χ1n) is 17.8. The second-order valence-electron chi connectivity index (χ2n) is 13.4. The Morgan fingerprint density at radius 2 is 1.80 bits per heavy atom. The number of nitrogens with one attached hydrogen (secondary N) is 4. The lowest BCUT2D eigenvalue weighted by Crippen LogP contribution is -2.90. The van der Waals surface area contributed by atoms with Crippen molar-refractivity contribution in [1.82, 2.24) is 20.9 Å². The van der Waals surface area contributed by atoms with E-state index < -0.39 is 29.3 Å². The number of carbonyl (C=O) groups is 2. The molecule has 3 rings (SSSR count). The van der Waals surface area contributed by atoms with Gasteiger partial charge in [-0.3, -0.25) is 25.2 Å². The monoisotopic (exact) mass is 719 g/mol. The molecule has 1 aliphatic heterocycles. The molecule has 1 aromatic carbocycles. The van der Waals surface area contributed by atoms with Gasteiger partial charge in [0, 0.05) is 31.1 Å². The molecule has 1 aromatic rings. The van der Waals surface area contributed by atoms with E-state index in [-0.39, 0.29) is 23.6 Å². The second-order valence-corrected chi connectivity index (χ2v) is 13.4. The summed E-state index contributed by atoms with van der Waals surface area (Å²) in [5.74, 6) is 0.0790. The number of likely N-dealkylation sites (tertiary alicyclic amines) is 1. The molecule has 1 fully saturated rings. The first-order chi connectivity index (χ1) is 23.9. The van der Waals surface area contributed by atoms with Gasteiger partial charge in [0.1, 0.15) is 6.04 Å². The van der Waals surface area contributed by atoms with Crippen LogP contribution in [0, 0.1) is 0 Å². The van der Waals surface area contributed by atoms with Crippen LogP contribution in [0.25, 0.3) is 0 Å². The first-order valence-corrected chi connectivity index (χ1v) is 17.8. The normalized spacial score (nSPS) is 21.3. The van der Waals surface area contributed by atoms with Crippen LogP contribution in [0.15, 0.2) is 65.9 Å². The SMILES string of the molecule is C=C(/C=C\C(=C/C)C(F)(F)F)C(=O)NC.CCC.CCC(N)=[NH+]C(CNC=C(C)C)C1(C)C(O)C(NC(=O)c2cccc3c2CCCC3)CN1C. The third kappa shape index (κ3) is 13.3. The number of amides is 2. The predicted molar refractivity (Wildman–Crippen MR) is 201 cm³/mol. The minimum absolute atomic E-state index is 0.0268. The zero-order valence-corrected chi connectivity index (χ0v) is 32.1. The lowest BCUT2D eigenvalue weighted by atomic mass is 9.85. The summed E-state index contributed by atoms with van der Waals surface area (Å²) in [5, 5.41) is 20.2. The highest BCUT2D eigenvalue weighted by atomic mass is 19.4. The smallest absolute Gasteiger partial charge is 0.389 e. The van der Waals surface area contributed by atoms with E-state index in [0.29, 0.717) is 25.3 Å². The molecule has 1 heterocycles. The van der Waals surface area contributed by atoms with E-state index in [1.165, 1.54) is 43.5 Å². The van der Waals surface area contributed by atoms with Crippen LogP contribution in [0.1, 0.15) is 95.6 Å². The second kappa shape index (κ2) is 21.5. The fraction of sp³-hybridized carbons (Fsp3) is 0.564. The molecule has 2 aliphatic rings. The molecule has 2 amide bonds. The molecular formula is C39H62F3N6O3+. The minimum atomic E-state index is -4.41. The van der Waals surface area contributed by atoms with Gasteiger partial charge in [0.15, 0.2) is 0 Å². The zero-order valence-electron chi connectivity index (χ0n) is 32.1. The molecular weight excluding hydrogens is 657 g/mol. The zero-order chi connectivity index (χ0) is 38.9. The third-order valence-electron chi connectivity index (χ3n) is 9.01. The highest BCUT2D eigenvalue weighted by Gasteiger charge is 2.54. The van der Waals surface area contributed by atoms with Gasteiger partial charge < -0.3 is 21.1 Å². The molecule has 4 atom stereocenters. The number of rotatable bonds is 11. The van der Waals surface area contributed by atoms with Crippen molar-refractivity contribution in [2.75, 3.05) is 27.2 Å². The molecule has 7 N–H and O–H groups in total. The molecule has 286 valence electrons. The van der Waals surface area contributed by atoms with Gasteiger partial charge in [0.05, 0.1) is 29.8 Å². The van der Waals surface area contributed by atoms with E-state index in [1.807, 2.05) is 53.1 Å². The van der Waals surface area contributed by atoms with E-state index in [1.54, 1.807) is 0 Å². The molecule has 1 saturated heterocycles.